The van der Waals surface area contributed by atoms with Gasteiger partial charge in [0.1, 0.15) is 0 Å². The Morgan fingerprint density at radius 1 is 0.914 bits per heavy atom. The Labute approximate surface area is 207 Å². The summed E-state index contributed by atoms with van der Waals surface area (Å²) in [7, 11) is 0. The number of hydrogen-bond donors (Lipinski definition) is 3. The molecule has 4 N–H and O–H groups in total. The number of hydrogen-bond acceptors (Lipinski definition) is 4. The second kappa shape index (κ2) is 11.7. The van der Waals surface area contributed by atoms with Crippen molar-refractivity contribution in [1.82, 2.24) is 15.6 Å². The third kappa shape index (κ3) is 6.32. The molecule has 180 valence electrons. The highest BCUT2D eigenvalue weighted by atomic mass is 16.1. The third-order valence-electron chi connectivity index (χ3n) is 6.26. The summed E-state index contributed by atoms with van der Waals surface area (Å²) >= 11 is 0. The molecule has 4 rings (SSSR count). The van der Waals surface area contributed by atoms with Crippen molar-refractivity contribution < 1.29 is 4.79 Å². The van der Waals surface area contributed by atoms with Gasteiger partial charge < -0.3 is 16.4 Å². The van der Waals surface area contributed by atoms with Gasteiger partial charge in [0.05, 0.1) is 18.1 Å². The van der Waals surface area contributed by atoms with Crippen LogP contribution in [0.5, 0.6) is 0 Å². The fourth-order valence-corrected chi connectivity index (χ4v) is 4.49. The van der Waals surface area contributed by atoms with Gasteiger partial charge in [0, 0.05) is 24.7 Å². The number of rotatable bonds is 10. The molecule has 0 saturated carbocycles. The largest absolute Gasteiger partial charge is 0.343 e. The SMILES string of the molecule is CC(C)C[C@@H](C(=O)NCN)c1cccc(-c2ccc(CNCc3ccnc4ccccc34)cc2)c1. The molecule has 3 aromatic carbocycles. The number of benzene rings is 3. The molecule has 0 fully saturated rings. The zero-order valence-corrected chi connectivity index (χ0v) is 20.5. The van der Waals surface area contributed by atoms with Crippen molar-refractivity contribution in [2.24, 2.45) is 11.7 Å². The topological polar surface area (TPSA) is 80.0 Å². The molecule has 0 aliphatic carbocycles. The highest BCUT2D eigenvalue weighted by Crippen LogP contribution is 2.29. The van der Waals surface area contributed by atoms with E-state index in [9.17, 15) is 4.79 Å². The molecule has 0 unspecified atom stereocenters. The number of nitrogens with one attached hydrogen (secondary N) is 2. The number of para-hydroxylation sites is 1. The number of carbonyl (C=O) groups is 1. The van der Waals surface area contributed by atoms with Crippen LogP contribution >= 0.6 is 0 Å². The molecule has 0 aliphatic rings. The highest BCUT2D eigenvalue weighted by molar-refractivity contribution is 5.84. The quantitative estimate of drug-likeness (QED) is 0.275. The minimum Gasteiger partial charge on any atom is -0.343 e. The van der Waals surface area contributed by atoms with Crippen molar-refractivity contribution in [3.63, 3.8) is 0 Å². The van der Waals surface area contributed by atoms with Crippen molar-refractivity contribution in [2.45, 2.75) is 39.3 Å². The molecule has 0 saturated heterocycles. The van der Waals surface area contributed by atoms with Crippen molar-refractivity contribution >= 4 is 16.8 Å². The Bertz CT molecular complexity index is 1260. The summed E-state index contributed by atoms with van der Waals surface area (Å²) < 4.78 is 0. The molecule has 5 heteroatoms. The Morgan fingerprint density at radius 3 is 2.49 bits per heavy atom. The van der Waals surface area contributed by atoms with E-state index in [-0.39, 0.29) is 18.5 Å². The van der Waals surface area contributed by atoms with Crippen LogP contribution in [0.25, 0.3) is 22.0 Å². The van der Waals surface area contributed by atoms with E-state index < -0.39 is 0 Å². The molecule has 5 nitrogen and oxygen atoms in total. The van der Waals surface area contributed by atoms with Gasteiger partial charge in [-0.2, -0.15) is 0 Å². The lowest BCUT2D eigenvalue weighted by Crippen LogP contribution is -2.34. The first kappa shape index (κ1) is 24.6. The lowest BCUT2D eigenvalue weighted by Gasteiger charge is -2.19. The summed E-state index contributed by atoms with van der Waals surface area (Å²) in [5, 5.41) is 7.53. The predicted octanol–water partition coefficient (Wildman–Crippen LogP) is 5.35. The number of fused-ring (bicyclic) bond motifs is 1. The van der Waals surface area contributed by atoms with Gasteiger partial charge in [0.25, 0.3) is 0 Å². The van der Waals surface area contributed by atoms with E-state index in [1.54, 1.807) is 0 Å². The van der Waals surface area contributed by atoms with Gasteiger partial charge >= 0.3 is 0 Å². The Balaban J connectivity index is 1.43. The molecule has 35 heavy (non-hydrogen) atoms. The van der Waals surface area contributed by atoms with Crippen molar-refractivity contribution in [1.29, 1.82) is 0 Å². The van der Waals surface area contributed by atoms with Crippen molar-refractivity contribution in [3.05, 3.63) is 102 Å². The van der Waals surface area contributed by atoms with Crippen LogP contribution in [0.4, 0.5) is 0 Å². The zero-order valence-electron chi connectivity index (χ0n) is 20.5. The number of nitrogens with two attached hydrogens (primary N) is 1. The standard InChI is InChI=1S/C30H34N4O/c1-21(2)16-28(30(35)34-20-31)25-7-5-6-24(17-25)23-12-10-22(11-13-23)18-32-19-26-14-15-33-29-9-4-3-8-27(26)29/h3-15,17,21,28,32H,16,18-20,31H2,1-2H3,(H,34,35)/t28-/m1/s1. The second-order valence-corrected chi connectivity index (χ2v) is 9.34. The molecular weight excluding hydrogens is 432 g/mol. The van der Waals surface area contributed by atoms with Gasteiger partial charge in [0.2, 0.25) is 5.91 Å². The van der Waals surface area contributed by atoms with Gasteiger partial charge in [0.15, 0.2) is 0 Å². The van der Waals surface area contributed by atoms with Crippen molar-refractivity contribution in [3.8, 4) is 11.1 Å². The van der Waals surface area contributed by atoms with Gasteiger partial charge in [-0.1, -0.05) is 80.6 Å². The van der Waals surface area contributed by atoms with Crippen LogP contribution in [0, 0.1) is 5.92 Å². The fraction of sp³-hybridized carbons (Fsp3) is 0.267. The average molecular weight is 467 g/mol. The number of carbonyl (C=O) groups excluding carboxylic acids is 1. The van der Waals surface area contributed by atoms with Gasteiger partial charge in [-0.3, -0.25) is 9.78 Å². The monoisotopic (exact) mass is 466 g/mol. The summed E-state index contributed by atoms with van der Waals surface area (Å²) in [6, 6.07) is 27.2. The first-order valence-electron chi connectivity index (χ1n) is 12.3. The number of aromatic nitrogens is 1. The normalized spacial score (nSPS) is 12.1. The maximum absolute atomic E-state index is 12.6. The molecule has 0 radical (unpaired) electrons. The molecule has 0 aliphatic heterocycles. The molecular formula is C30H34N4O. The molecule has 0 bridgehead atoms. The summed E-state index contributed by atoms with van der Waals surface area (Å²) in [6.07, 6.45) is 2.65. The van der Waals surface area contributed by atoms with Crippen molar-refractivity contribution in [2.75, 3.05) is 6.67 Å². The summed E-state index contributed by atoms with van der Waals surface area (Å²) in [4.78, 5) is 17.1. The second-order valence-electron chi connectivity index (χ2n) is 9.34. The van der Waals surface area contributed by atoms with E-state index >= 15 is 0 Å². The van der Waals surface area contributed by atoms with Gasteiger partial charge in [-0.25, -0.2) is 0 Å². The summed E-state index contributed by atoms with van der Waals surface area (Å²) in [5.74, 6) is 0.192. The van der Waals surface area contributed by atoms with Gasteiger partial charge in [-0.05, 0) is 52.3 Å². The third-order valence-corrected chi connectivity index (χ3v) is 6.26. The minimum atomic E-state index is -0.203. The van der Waals surface area contributed by atoms with E-state index in [0.717, 1.165) is 41.7 Å². The van der Waals surface area contributed by atoms with Crippen LogP contribution in [0.3, 0.4) is 0 Å². The molecule has 1 heterocycles. The highest BCUT2D eigenvalue weighted by Gasteiger charge is 2.21. The number of nitrogens with zero attached hydrogens (tertiary/aromatic N) is 1. The molecule has 1 amide bonds. The molecule has 1 atom stereocenters. The van der Waals surface area contributed by atoms with Crippen LogP contribution in [-0.4, -0.2) is 17.6 Å². The Morgan fingerprint density at radius 2 is 1.71 bits per heavy atom. The fourth-order valence-electron chi connectivity index (χ4n) is 4.49. The maximum Gasteiger partial charge on any atom is 0.228 e. The zero-order chi connectivity index (χ0) is 24.6. The smallest absolute Gasteiger partial charge is 0.228 e. The number of amides is 1. The number of pyridine rings is 1. The lowest BCUT2D eigenvalue weighted by atomic mass is 9.88. The predicted molar refractivity (Wildman–Crippen MR) is 144 cm³/mol. The average Bonchev–Trinajstić information content (AvgIpc) is 2.88. The molecule has 1 aromatic heterocycles. The van der Waals surface area contributed by atoms with Crippen LogP contribution < -0.4 is 16.4 Å². The van der Waals surface area contributed by atoms with E-state index in [0.29, 0.717) is 5.92 Å². The maximum atomic E-state index is 12.6. The first-order valence-corrected chi connectivity index (χ1v) is 12.3. The first-order chi connectivity index (χ1) is 17.0. The van der Waals surface area contributed by atoms with E-state index in [1.165, 1.54) is 16.5 Å². The van der Waals surface area contributed by atoms with E-state index in [1.807, 2.05) is 30.5 Å². The van der Waals surface area contributed by atoms with Crippen LogP contribution in [0.2, 0.25) is 0 Å². The Kier molecular flexibility index (Phi) is 8.24. The summed E-state index contributed by atoms with van der Waals surface area (Å²) in [5.41, 5.74) is 12.3. The molecule has 4 aromatic rings. The lowest BCUT2D eigenvalue weighted by molar-refractivity contribution is -0.122. The Hall–Kier alpha value is -3.54. The van der Waals surface area contributed by atoms with Crippen LogP contribution in [0.1, 0.15) is 42.9 Å². The van der Waals surface area contributed by atoms with E-state index in [4.69, 9.17) is 5.73 Å². The van der Waals surface area contributed by atoms with Gasteiger partial charge in [-0.15, -0.1) is 0 Å². The summed E-state index contributed by atoms with van der Waals surface area (Å²) in [6.45, 7) is 5.99. The minimum absolute atomic E-state index is 0.0123. The van der Waals surface area contributed by atoms with E-state index in [2.05, 4.69) is 84.1 Å². The molecule has 0 spiro atoms. The van der Waals surface area contributed by atoms with Crippen LogP contribution in [-0.2, 0) is 17.9 Å². The van der Waals surface area contributed by atoms with Crippen LogP contribution in [0.15, 0.2) is 85.1 Å².